The number of rotatable bonds is 10. The van der Waals surface area contributed by atoms with Crippen molar-refractivity contribution >= 4 is 34.7 Å². The van der Waals surface area contributed by atoms with E-state index in [9.17, 15) is 20.1 Å². The van der Waals surface area contributed by atoms with Crippen LogP contribution in [0.25, 0.3) is 55.5 Å². The smallest absolute Gasteiger partial charge is 0.315 e. The van der Waals surface area contributed by atoms with Gasteiger partial charge in [-0.15, -0.1) is 6.42 Å². The summed E-state index contributed by atoms with van der Waals surface area (Å²) >= 11 is 0. The van der Waals surface area contributed by atoms with Crippen molar-refractivity contribution in [1.29, 1.82) is 10.5 Å². The third kappa shape index (κ3) is 9.91. The van der Waals surface area contributed by atoms with Crippen molar-refractivity contribution in [3.8, 4) is 80.8 Å². The van der Waals surface area contributed by atoms with Crippen LogP contribution in [0.5, 0.6) is 0 Å². The van der Waals surface area contributed by atoms with Crippen LogP contribution in [-0.4, -0.2) is 112 Å². The summed E-state index contributed by atoms with van der Waals surface area (Å²) in [5.74, 6) is 10.3. The highest BCUT2D eigenvalue weighted by Crippen LogP contribution is 2.35. The molecule has 2 fully saturated rings. The molecule has 20 heteroatoms. The van der Waals surface area contributed by atoms with Crippen LogP contribution in [0.15, 0.2) is 92.2 Å². The SMILES string of the molecule is C#CCNC(=O)NC1(C)CCN(c2ccc(-c3cc(-c4cn(C)nc4C#CCNC(=O)NC4CCN(c5ccc(-c6cc(-c7cnn(C)c7)cn7ncc(C#N)c67)cn5)CC4)cn4ncc(C#N)c34)cn2)CC1. The summed E-state index contributed by atoms with van der Waals surface area (Å²) in [6.45, 7) is 5.14. The fourth-order valence-corrected chi connectivity index (χ4v) is 9.52. The minimum Gasteiger partial charge on any atom is -0.356 e. The number of urea groups is 2. The first-order valence-electron chi connectivity index (χ1n) is 23.8. The lowest BCUT2D eigenvalue weighted by Crippen LogP contribution is -2.56. The van der Waals surface area contributed by atoms with E-state index in [0.717, 1.165) is 81.8 Å². The number of carbonyl (C=O) groups excluding carboxylic acids is 2. The number of carbonyl (C=O) groups is 2. The summed E-state index contributed by atoms with van der Waals surface area (Å²) in [7, 11) is 3.69. The predicted molar refractivity (Wildman–Crippen MR) is 275 cm³/mol. The molecule has 8 aromatic heterocycles. The normalized spacial score (nSPS) is 14.4. The third-order valence-corrected chi connectivity index (χ3v) is 13.4. The quantitative estimate of drug-likeness (QED) is 0.129. The van der Waals surface area contributed by atoms with Crippen LogP contribution in [-0.2, 0) is 14.1 Å². The van der Waals surface area contributed by atoms with E-state index in [4.69, 9.17) is 16.4 Å². The lowest BCUT2D eigenvalue weighted by atomic mass is 9.89. The molecule has 0 radical (unpaired) electrons. The molecule has 0 atom stereocenters. The molecule has 0 bridgehead atoms. The number of fused-ring (bicyclic) bond motifs is 2. The van der Waals surface area contributed by atoms with E-state index in [1.54, 1.807) is 43.2 Å². The van der Waals surface area contributed by atoms with Gasteiger partial charge in [0.1, 0.15) is 29.5 Å². The van der Waals surface area contributed by atoms with Crippen molar-refractivity contribution in [2.75, 3.05) is 49.1 Å². The van der Waals surface area contributed by atoms with Gasteiger partial charge in [-0.25, -0.2) is 28.6 Å². The lowest BCUT2D eigenvalue weighted by Gasteiger charge is -2.40. The number of hydrogen-bond donors (Lipinski definition) is 4. The van der Waals surface area contributed by atoms with Gasteiger partial charge in [0, 0.05) is 134 Å². The molecule has 0 saturated carbocycles. The van der Waals surface area contributed by atoms with Crippen LogP contribution in [0.1, 0.15) is 49.4 Å². The van der Waals surface area contributed by atoms with Crippen LogP contribution in [0.4, 0.5) is 21.2 Å². The Morgan fingerprint density at radius 1 is 0.685 bits per heavy atom. The molecule has 4 N–H and O–H groups in total. The van der Waals surface area contributed by atoms with Gasteiger partial charge in [-0.2, -0.15) is 30.9 Å². The molecule has 2 aliphatic rings. The fourth-order valence-electron chi connectivity index (χ4n) is 9.52. The second-order valence-corrected chi connectivity index (χ2v) is 18.4. The van der Waals surface area contributed by atoms with Crippen molar-refractivity contribution in [1.82, 2.24) is 70.0 Å². The van der Waals surface area contributed by atoms with Gasteiger partial charge in [-0.3, -0.25) is 9.36 Å². The number of nitriles is 2. The number of aryl methyl sites for hydroxylation is 2. The molecule has 364 valence electrons. The van der Waals surface area contributed by atoms with E-state index >= 15 is 0 Å². The van der Waals surface area contributed by atoms with E-state index in [1.165, 1.54) is 0 Å². The van der Waals surface area contributed by atoms with Crippen LogP contribution in [0.3, 0.4) is 0 Å². The number of nitrogens with one attached hydrogen (secondary N) is 4. The van der Waals surface area contributed by atoms with Crippen molar-refractivity contribution < 1.29 is 9.59 Å². The molecule has 8 aromatic rings. The highest BCUT2D eigenvalue weighted by Gasteiger charge is 2.32. The minimum atomic E-state index is -0.368. The third-order valence-electron chi connectivity index (χ3n) is 13.4. The van der Waals surface area contributed by atoms with E-state index in [-0.39, 0.29) is 36.7 Å². The lowest BCUT2D eigenvalue weighted by molar-refractivity contribution is 0.219. The number of aromatic nitrogens is 10. The average molecular weight is 971 g/mol. The van der Waals surface area contributed by atoms with E-state index < -0.39 is 0 Å². The molecule has 0 aliphatic carbocycles. The Kier molecular flexibility index (Phi) is 12.9. The molecule has 73 heavy (non-hydrogen) atoms. The standard InChI is InChI=1S/C53H50N18O2/c1-5-16-56-52(73)64-53(2)14-20-69(21-15-53)48-11-9-36(27-59-48)44-23-38(33-71-50(44)40(25-55)29-62-71)45-34-67(4)65-46(45)7-6-17-57-51(72)63-42-12-18-68(19-13-42)47-10-8-35(26-58-47)43-22-37(41-30-60-66(3)31-41)32-70-49(43)39(24-54)28-61-70/h1,8-11,22-23,26-34,42H,12-21H2,2-4H3,(H2,56,64,73)(H2,57,63,72). The van der Waals surface area contributed by atoms with E-state index in [2.05, 4.69) is 81.4 Å². The zero-order valence-electron chi connectivity index (χ0n) is 40.5. The van der Waals surface area contributed by atoms with Gasteiger partial charge in [0.15, 0.2) is 0 Å². The van der Waals surface area contributed by atoms with Gasteiger partial charge < -0.3 is 31.1 Å². The maximum Gasteiger partial charge on any atom is 0.315 e. The first kappa shape index (κ1) is 47.0. The number of hydrogen-bond acceptors (Lipinski definition) is 12. The number of pyridine rings is 4. The molecule has 10 rings (SSSR count). The number of amides is 4. The molecule has 0 aromatic carbocycles. The molecule has 10 heterocycles. The molecule has 2 saturated heterocycles. The molecular formula is C53H50N18O2. The first-order valence-corrected chi connectivity index (χ1v) is 23.8. The van der Waals surface area contributed by atoms with E-state index in [0.29, 0.717) is 54.0 Å². The summed E-state index contributed by atoms with van der Waals surface area (Å²) in [4.78, 5) is 39.4. The zero-order chi connectivity index (χ0) is 50.6. The maximum atomic E-state index is 13.1. The Bertz CT molecular complexity index is 3570. The Hall–Kier alpha value is -9.66. The number of terminal acetylenes is 1. The van der Waals surface area contributed by atoms with Gasteiger partial charge in [0.2, 0.25) is 0 Å². The van der Waals surface area contributed by atoms with Gasteiger partial charge in [0.05, 0.1) is 53.8 Å². The number of anilines is 2. The Labute approximate surface area is 420 Å². The van der Waals surface area contributed by atoms with Crippen LogP contribution in [0, 0.1) is 46.8 Å². The highest BCUT2D eigenvalue weighted by atomic mass is 16.2. The van der Waals surface area contributed by atoms with Gasteiger partial charge in [0.25, 0.3) is 0 Å². The topological polar surface area (TPSA) is 232 Å². The maximum absolute atomic E-state index is 13.1. The molecule has 20 nitrogen and oxygen atoms in total. The summed E-state index contributed by atoms with van der Waals surface area (Å²) in [6.07, 6.45) is 24.4. The van der Waals surface area contributed by atoms with Crippen molar-refractivity contribution in [2.24, 2.45) is 14.1 Å². The largest absolute Gasteiger partial charge is 0.356 e. The zero-order valence-corrected chi connectivity index (χ0v) is 40.5. The predicted octanol–water partition coefficient (Wildman–Crippen LogP) is 5.26. The molecule has 4 amide bonds. The van der Waals surface area contributed by atoms with Crippen molar-refractivity contribution in [2.45, 2.75) is 44.2 Å². The Balaban J connectivity index is 0.757. The Morgan fingerprint density at radius 2 is 1.29 bits per heavy atom. The van der Waals surface area contributed by atoms with Gasteiger partial charge >= 0.3 is 12.1 Å². The molecule has 2 aliphatic heterocycles. The van der Waals surface area contributed by atoms with Gasteiger partial charge in [-0.1, -0.05) is 11.8 Å². The Morgan fingerprint density at radius 3 is 1.86 bits per heavy atom. The second kappa shape index (κ2) is 20.0. The summed E-state index contributed by atoms with van der Waals surface area (Å²) in [5, 5.41) is 49.5. The monoisotopic (exact) mass is 970 g/mol. The molecule has 0 unspecified atom stereocenters. The number of nitrogens with zero attached hydrogens (tertiary/aromatic N) is 14. The average Bonchev–Trinajstić information content (AvgIpc) is 4.23. The van der Waals surface area contributed by atoms with Crippen LogP contribution < -0.4 is 31.1 Å². The minimum absolute atomic E-state index is 0.0234. The van der Waals surface area contributed by atoms with Crippen LogP contribution >= 0.6 is 0 Å². The highest BCUT2D eigenvalue weighted by molar-refractivity contribution is 5.89. The first-order chi connectivity index (χ1) is 35.5. The number of piperidine rings is 2. The molecule has 0 spiro atoms. The fraction of sp³-hybridized carbons (Fsp3) is 0.283. The second-order valence-electron chi connectivity index (χ2n) is 18.4. The summed E-state index contributed by atoms with van der Waals surface area (Å²) < 4.78 is 6.86. The van der Waals surface area contributed by atoms with Crippen LogP contribution in [0.2, 0.25) is 0 Å². The van der Waals surface area contributed by atoms with E-state index in [1.807, 2.05) is 88.4 Å². The van der Waals surface area contributed by atoms with Crippen molar-refractivity contribution in [3.63, 3.8) is 0 Å². The molecular weight excluding hydrogens is 921 g/mol. The summed E-state index contributed by atoms with van der Waals surface area (Å²) in [6, 6.07) is 16.0. The van der Waals surface area contributed by atoms with Gasteiger partial charge in [-0.05, 0) is 74.9 Å². The summed E-state index contributed by atoms with van der Waals surface area (Å²) in [5.41, 5.74) is 9.12. The van der Waals surface area contributed by atoms with Crippen molar-refractivity contribution in [3.05, 3.63) is 109 Å².